The minimum atomic E-state index is 1.06. The molecule has 0 saturated heterocycles. The smallest absolute Gasteiger partial charge is 0.0335 e. The highest BCUT2D eigenvalue weighted by molar-refractivity contribution is 9.11. The van der Waals surface area contributed by atoms with E-state index >= 15 is 0 Å². The summed E-state index contributed by atoms with van der Waals surface area (Å²) in [7, 11) is 0. The van der Waals surface area contributed by atoms with Crippen molar-refractivity contribution in [3.63, 3.8) is 0 Å². The van der Waals surface area contributed by atoms with E-state index in [-0.39, 0.29) is 0 Å². The molecule has 0 aromatic heterocycles. The van der Waals surface area contributed by atoms with Gasteiger partial charge in [0.2, 0.25) is 0 Å². The molecule has 0 aromatic rings. The molecule has 1 N–H and O–H groups in total. The molecule has 1 rings (SSSR count). The van der Waals surface area contributed by atoms with Gasteiger partial charge in [0.25, 0.3) is 0 Å². The molecule has 0 aromatic carbocycles. The zero-order valence-electron chi connectivity index (χ0n) is 4.26. The van der Waals surface area contributed by atoms with Crippen molar-refractivity contribution in [2.24, 2.45) is 0 Å². The maximum Gasteiger partial charge on any atom is 0.0335 e. The second kappa shape index (κ2) is 2.72. The second-order valence-corrected chi connectivity index (χ2v) is 2.33. The molecule has 1 aliphatic rings. The van der Waals surface area contributed by atoms with Crippen LogP contribution in [0.4, 0.5) is 0 Å². The third-order valence-electron chi connectivity index (χ3n) is 0.780. The predicted molar refractivity (Wildman–Crippen MR) is 38.4 cm³/mol. The van der Waals surface area contributed by atoms with Gasteiger partial charge in [0.05, 0.1) is 0 Å². The lowest BCUT2D eigenvalue weighted by Gasteiger charge is -1.84. The van der Waals surface area contributed by atoms with Crippen LogP contribution in [-0.4, -0.2) is 0 Å². The number of hydrogen-bond donors (Lipinski definition) is 1. The minimum Gasteiger partial charge on any atom is -0.367 e. The molecule has 0 amide bonds. The molecule has 0 bridgehead atoms. The lowest BCUT2D eigenvalue weighted by atomic mass is 10.5. The lowest BCUT2D eigenvalue weighted by Crippen LogP contribution is -1.89. The summed E-state index contributed by atoms with van der Waals surface area (Å²) in [4.78, 5) is 0. The highest BCUT2D eigenvalue weighted by Gasteiger charge is 1.81. The number of rotatable bonds is 0. The van der Waals surface area contributed by atoms with Crippen LogP contribution in [0.15, 0.2) is 35.1 Å². The Labute approximate surface area is 56.9 Å². The molecule has 0 fully saturated rings. The first-order valence-electron chi connectivity index (χ1n) is 2.34. The fourth-order valence-electron chi connectivity index (χ4n) is 0.434. The van der Waals surface area contributed by atoms with E-state index in [1.165, 1.54) is 0 Å². The number of allylic oxidation sites excluding steroid dienone is 4. The van der Waals surface area contributed by atoms with Gasteiger partial charge in [0.15, 0.2) is 0 Å². The van der Waals surface area contributed by atoms with Crippen molar-refractivity contribution < 1.29 is 0 Å². The van der Waals surface area contributed by atoms with Crippen LogP contribution in [0.1, 0.15) is 0 Å². The van der Waals surface area contributed by atoms with Crippen molar-refractivity contribution in [2.45, 2.75) is 0 Å². The van der Waals surface area contributed by atoms with Crippen LogP contribution in [-0.2, 0) is 0 Å². The van der Waals surface area contributed by atoms with Crippen LogP contribution < -0.4 is 5.32 Å². The third-order valence-corrected chi connectivity index (χ3v) is 1.27. The minimum absolute atomic E-state index is 1.06. The van der Waals surface area contributed by atoms with Gasteiger partial charge in [0.1, 0.15) is 0 Å². The molecule has 8 heavy (non-hydrogen) atoms. The predicted octanol–water partition coefficient (Wildman–Crippen LogP) is 1.90. The topological polar surface area (TPSA) is 12.0 Å². The Morgan fingerprint density at radius 3 is 3.12 bits per heavy atom. The fraction of sp³-hybridized carbons (Fsp3) is 0. The van der Waals surface area contributed by atoms with Crippen LogP contribution in [0.5, 0.6) is 0 Å². The van der Waals surface area contributed by atoms with Crippen molar-refractivity contribution in [3.8, 4) is 0 Å². The molecule has 0 unspecified atom stereocenters. The van der Waals surface area contributed by atoms with E-state index in [0.717, 1.165) is 4.48 Å². The first-order valence-corrected chi connectivity index (χ1v) is 3.14. The van der Waals surface area contributed by atoms with Crippen LogP contribution in [0, 0.1) is 0 Å². The monoisotopic (exact) mass is 171 g/mol. The van der Waals surface area contributed by atoms with E-state index in [4.69, 9.17) is 0 Å². The van der Waals surface area contributed by atoms with Crippen LogP contribution >= 0.6 is 15.9 Å². The Kier molecular flexibility index (Phi) is 1.92. The normalized spacial score (nSPS) is 16.9. The van der Waals surface area contributed by atoms with E-state index in [1.54, 1.807) is 0 Å². The van der Waals surface area contributed by atoms with Gasteiger partial charge < -0.3 is 5.32 Å². The van der Waals surface area contributed by atoms with Crippen LogP contribution in [0.2, 0.25) is 0 Å². The number of hydrogen-bond acceptors (Lipinski definition) is 1. The summed E-state index contributed by atoms with van der Waals surface area (Å²) in [5, 5.41) is 2.95. The Balaban J connectivity index is 2.69. The summed E-state index contributed by atoms with van der Waals surface area (Å²) in [6, 6.07) is 0. The maximum atomic E-state index is 3.31. The summed E-state index contributed by atoms with van der Waals surface area (Å²) in [6.45, 7) is 0. The highest BCUT2D eigenvalue weighted by atomic mass is 79.9. The molecule has 2 heteroatoms. The zero-order chi connectivity index (χ0) is 5.82. The summed E-state index contributed by atoms with van der Waals surface area (Å²) in [5.41, 5.74) is 0. The Hall–Kier alpha value is -0.500. The van der Waals surface area contributed by atoms with Gasteiger partial charge in [-0.2, -0.15) is 0 Å². The van der Waals surface area contributed by atoms with Gasteiger partial charge in [-0.25, -0.2) is 0 Å². The Bertz CT molecular complexity index is 153. The van der Waals surface area contributed by atoms with E-state index in [0.29, 0.717) is 0 Å². The maximum absolute atomic E-state index is 3.31. The first kappa shape index (κ1) is 5.63. The molecule has 0 aliphatic carbocycles. The summed E-state index contributed by atoms with van der Waals surface area (Å²) in [6.07, 6.45) is 9.60. The number of halogens is 1. The molecule has 1 nitrogen and oxygen atoms in total. The third kappa shape index (κ3) is 1.54. The molecule has 0 radical (unpaired) electrons. The van der Waals surface area contributed by atoms with Crippen molar-refractivity contribution >= 4 is 15.9 Å². The Morgan fingerprint density at radius 1 is 1.38 bits per heavy atom. The van der Waals surface area contributed by atoms with E-state index in [1.807, 2.05) is 30.6 Å². The van der Waals surface area contributed by atoms with Crippen molar-refractivity contribution in [1.82, 2.24) is 5.32 Å². The Morgan fingerprint density at radius 2 is 2.25 bits per heavy atom. The average molecular weight is 172 g/mol. The van der Waals surface area contributed by atoms with E-state index in [9.17, 15) is 0 Å². The van der Waals surface area contributed by atoms with Gasteiger partial charge in [-0.15, -0.1) is 0 Å². The summed E-state index contributed by atoms with van der Waals surface area (Å²) >= 11 is 3.31. The van der Waals surface area contributed by atoms with Crippen molar-refractivity contribution in [2.75, 3.05) is 0 Å². The lowest BCUT2D eigenvalue weighted by molar-refractivity contribution is 1.20. The van der Waals surface area contributed by atoms with Crippen LogP contribution in [0.25, 0.3) is 0 Å². The van der Waals surface area contributed by atoms with Crippen molar-refractivity contribution in [1.29, 1.82) is 0 Å². The van der Waals surface area contributed by atoms with E-state index in [2.05, 4.69) is 21.2 Å². The molecule has 0 saturated carbocycles. The molecule has 0 atom stereocenters. The quantitative estimate of drug-likeness (QED) is 0.588. The largest absolute Gasteiger partial charge is 0.367 e. The van der Waals surface area contributed by atoms with Gasteiger partial charge in [-0.05, 0) is 28.1 Å². The van der Waals surface area contributed by atoms with Crippen LogP contribution in [0.3, 0.4) is 0 Å². The van der Waals surface area contributed by atoms with Gasteiger partial charge in [-0.1, -0.05) is 6.08 Å². The van der Waals surface area contributed by atoms with Gasteiger partial charge >= 0.3 is 0 Å². The molecular weight excluding hydrogens is 166 g/mol. The van der Waals surface area contributed by atoms with Gasteiger partial charge in [0, 0.05) is 16.9 Å². The highest BCUT2D eigenvalue weighted by Crippen LogP contribution is 2.05. The molecule has 0 spiro atoms. The second-order valence-electron chi connectivity index (χ2n) is 1.41. The molecular formula is C6H6BrN. The summed E-state index contributed by atoms with van der Waals surface area (Å²) < 4.78 is 1.06. The fourth-order valence-corrected chi connectivity index (χ4v) is 0.719. The standard InChI is InChI=1S/C6H6BrN/c7-6-3-1-2-4-8-5-6/h1-5,8H. The SMILES string of the molecule is BrC1=CNC=CC=C1. The summed E-state index contributed by atoms with van der Waals surface area (Å²) in [5.74, 6) is 0. The van der Waals surface area contributed by atoms with E-state index < -0.39 is 0 Å². The van der Waals surface area contributed by atoms with Gasteiger partial charge in [-0.3, -0.25) is 0 Å². The molecule has 1 heterocycles. The zero-order valence-corrected chi connectivity index (χ0v) is 5.85. The number of nitrogens with one attached hydrogen (secondary N) is 1. The molecule has 42 valence electrons. The molecule has 1 aliphatic heterocycles. The first-order chi connectivity index (χ1) is 3.89. The average Bonchev–Trinajstić information content (AvgIpc) is 1.94. The van der Waals surface area contributed by atoms with Crippen molar-refractivity contribution in [3.05, 3.63) is 35.1 Å².